The lowest BCUT2D eigenvalue weighted by Crippen LogP contribution is -2.04. The lowest BCUT2D eigenvalue weighted by molar-refractivity contribution is 0.380. The van der Waals surface area contributed by atoms with Crippen molar-refractivity contribution in [2.24, 2.45) is 5.41 Å². The molecule has 1 heteroatoms. The number of hydrogen-bond donors (Lipinski definition) is 0. The van der Waals surface area contributed by atoms with E-state index in [1.807, 2.05) is 14.1 Å². The Morgan fingerprint density at radius 1 is 1.18 bits per heavy atom. The first-order valence-electron chi connectivity index (χ1n) is 4.25. The van der Waals surface area contributed by atoms with Crippen LogP contribution in [0, 0.1) is 5.41 Å². The van der Waals surface area contributed by atoms with Crippen molar-refractivity contribution in [3.63, 3.8) is 0 Å². The van der Waals surface area contributed by atoms with Gasteiger partial charge in [0.2, 0.25) is 0 Å². The van der Waals surface area contributed by atoms with E-state index in [0.29, 0.717) is 5.41 Å². The Labute approximate surface area is 71.1 Å². The minimum Gasteiger partial charge on any atom is -0.384 e. The first-order chi connectivity index (χ1) is 4.92. The highest BCUT2D eigenvalue weighted by molar-refractivity contribution is 4.80. The summed E-state index contributed by atoms with van der Waals surface area (Å²) in [5.74, 6) is 0. The summed E-state index contributed by atoms with van der Waals surface area (Å²) >= 11 is 0. The minimum absolute atomic E-state index is 0.469. The molecular formula is C10H21N. The molecule has 0 atom stereocenters. The Morgan fingerprint density at radius 3 is 2.09 bits per heavy atom. The van der Waals surface area contributed by atoms with Crippen LogP contribution in [-0.2, 0) is 0 Å². The molecule has 0 saturated heterocycles. The van der Waals surface area contributed by atoms with Gasteiger partial charge in [-0.2, -0.15) is 0 Å². The summed E-state index contributed by atoms with van der Waals surface area (Å²) < 4.78 is 0. The van der Waals surface area contributed by atoms with Crippen molar-refractivity contribution in [3.8, 4) is 0 Å². The van der Waals surface area contributed by atoms with Crippen LogP contribution in [0.3, 0.4) is 0 Å². The van der Waals surface area contributed by atoms with Crippen LogP contribution in [0.15, 0.2) is 12.3 Å². The highest BCUT2D eigenvalue weighted by atomic mass is 15.0. The lowest BCUT2D eigenvalue weighted by atomic mass is 9.91. The van der Waals surface area contributed by atoms with Gasteiger partial charge in [0.05, 0.1) is 0 Å². The fourth-order valence-corrected chi connectivity index (χ4v) is 0.802. The molecule has 0 aromatic carbocycles. The molecule has 0 aliphatic carbocycles. The van der Waals surface area contributed by atoms with E-state index in [2.05, 4.69) is 37.9 Å². The zero-order valence-electron chi connectivity index (χ0n) is 8.52. The Morgan fingerprint density at radius 2 is 1.73 bits per heavy atom. The van der Waals surface area contributed by atoms with E-state index in [4.69, 9.17) is 0 Å². The molecule has 0 aliphatic heterocycles. The molecule has 0 bridgehead atoms. The van der Waals surface area contributed by atoms with Crippen molar-refractivity contribution < 1.29 is 0 Å². The summed E-state index contributed by atoms with van der Waals surface area (Å²) in [6.45, 7) is 6.82. The third-order valence-corrected chi connectivity index (χ3v) is 1.46. The van der Waals surface area contributed by atoms with Crippen molar-refractivity contribution in [2.45, 2.75) is 33.6 Å². The van der Waals surface area contributed by atoms with E-state index in [9.17, 15) is 0 Å². The van der Waals surface area contributed by atoms with Crippen LogP contribution in [0.25, 0.3) is 0 Å². The standard InChI is InChI=1S/C10H21N/c1-10(2,3)8-6-7-9-11(4)5/h7,9H,6,8H2,1-5H3. The van der Waals surface area contributed by atoms with Gasteiger partial charge in [-0.1, -0.05) is 26.8 Å². The molecule has 1 nitrogen and oxygen atoms in total. The van der Waals surface area contributed by atoms with Gasteiger partial charge in [0, 0.05) is 14.1 Å². The second-order valence-electron chi connectivity index (χ2n) is 4.45. The Hall–Kier alpha value is -0.460. The van der Waals surface area contributed by atoms with Crippen LogP contribution in [0.2, 0.25) is 0 Å². The van der Waals surface area contributed by atoms with Crippen molar-refractivity contribution in [1.29, 1.82) is 0 Å². The molecule has 0 fully saturated rings. The highest BCUT2D eigenvalue weighted by Gasteiger charge is 2.07. The van der Waals surface area contributed by atoms with Gasteiger partial charge in [-0.3, -0.25) is 0 Å². The number of rotatable bonds is 3. The predicted octanol–water partition coefficient (Wildman–Crippen LogP) is 2.89. The summed E-state index contributed by atoms with van der Waals surface area (Å²) in [6, 6.07) is 0. The van der Waals surface area contributed by atoms with Gasteiger partial charge in [0.25, 0.3) is 0 Å². The topological polar surface area (TPSA) is 3.24 Å². The van der Waals surface area contributed by atoms with Crippen LogP contribution in [0.5, 0.6) is 0 Å². The maximum atomic E-state index is 2.27. The van der Waals surface area contributed by atoms with E-state index < -0.39 is 0 Å². The molecule has 0 aliphatic rings. The zero-order chi connectivity index (χ0) is 8.91. The van der Waals surface area contributed by atoms with Crippen molar-refractivity contribution >= 4 is 0 Å². The predicted molar refractivity (Wildman–Crippen MR) is 51.5 cm³/mol. The fourth-order valence-electron chi connectivity index (χ4n) is 0.802. The molecule has 0 aromatic heterocycles. The maximum Gasteiger partial charge on any atom is 0.00555 e. The summed E-state index contributed by atoms with van der Waals surface area (Å²) in [5.41, 5.74) is 0.469. The van der Waals surface area contributed by atoms with Crippen LogP contribution in [-0.4, -0.2) is 19.0 Å². The Kier molecular flexibility index (Phi) is 4.24. The largest absolute Gasteiger partial charge is 0.384 e. The number of nitrogens with zero attached hydrogens (tertiary/aromatic N) is 1. The molecule has 0 radical (unpaired) electrons. The summed E-state index contributed by atoms with van der Waals surface area (Å²) in [5, 5.41) is 0. The number of hydrogen-bond acceptors (Lipinski definition) is 1. The third-order valence-electron chi connectivity index (χ3n) is 1.46. The third kappa shape index (κ3) is 9.54. The van der Waals surface area contributed by atoms with Crippen LogP contribution >= 0.6 is 0 Å². The van der Waals surface area contributed by atoms with Gasteiger partial charge in [-0.05, 0) is 24.5 Å². The van der Waals surface area contributed by atoms with Gasteiger partial charge in [-0.15, -0.1) is 0 Å². The van der Waals surface area contributed by atoms with Crippen LogP contribution in [0.1, 0.15) is 33.6 Å². The average Bonchev–Trinajstić information content (AvgIpc) is 1.78. The Balaban J connectivity index is 3.42. The smallest absolute Gasteiger partial charge is 0.00555 e. The molecular weight excluding hydrogens is 134 g/mol. The second kappa shape index (κ2) is 4.42. The van der Waals surface area contributed by atoms with Crippen molar-refractivity contribution in [2.75, 3.05) is 14.1 Å². The van der Waals surface area contributed by atoms with Gasteiger partial charge < -0.3 is 4.90 Å². The first kappa shape index (κ1) is 10.5. The molecule has 0 unspecified atom stereocenters. The number of allylic oxidation sites excluding steroid dienone is 1. The average molecular weight is 155 g/mol. The molecule has 11 heavy (non-hydrogen) atoms. The SMILES string of the molecule is CN(C)C=CCCC(C)(C)C. The Bertz CT molecular complexity index is 117. The van der Waals surface area contributed by atoms with E-state index in [-0.39, 0.29) is 0 Å². The van der Waals surface area contributed by atoms with E-state index in [1.54, 1.807) is 0 Å². The maximum absolute atomic E-state index is 2.27. The summed E-state index contributed by atoms with van der Waals surface area (Å²) in [4.78, 5) is 2.07. The van der Waals surface area contributed by atoms with E-state index in [1.165, 1.54) is 12.8 Å². The van der Waals surface area contributed by atoms with Crippen LogP contribution < -0.4 is 0 Å². The van der Waals surface area contributed by atoms with E-state index >= 15 is 0 Å². The van der Waals surface area contributed by atoms with E-state index in [0.717, 1.165) is 0 Å². The van der Waals surface area contributed by atoms with Gasteiger partial charge in [0.1, 0.15) is 0 Å². The quantitative estimate of drug-likeness (QED) is 0.605. The monoisotopic (exact) mass is 155 g/mol. The van der Waals surface area contributed by atoms with Gasteiger partial charge >= 0.3 is 0 Å². The molecule has 66 valence electrons. The second-order valence-corrected chi connectivity index (χ2v) is 4.45. The highest BCUT2D eigenvalue weighted by Crippen LogP contribution is 2.20. The molecule has 0 aromatic rings. The summed E-state index contributed by atoms with van der Waals surface area (Å²) in [6.07, 6.45) is 6.79. The molecule has 0 saturated carbocycles. The summed E-state index contributed by atoms with van der Waals surface area (Å²) in [7, 11) is 4.10. The van der Waals surface area contributed by atoms with Gasteiger partial charge in [0.15, 0.2) is 0 Å². The van der Waals surface area contributed by atoms with Crippen molar-refractivity contribution in [3.05, 3.63) is 12.3 Å². The van der Waals surface area contributed by atoms with Gasteiger partial charge in [-0.25, -0.2) is 0 Å². The molecule has 0 heterocycles. The van der Waals surface area contributed by atoms with Crippen LogP contribution in [0.4, 0.5) is 0 Å². The lowest BCUT2D eigenvalue weighted by Gasteiger charge is -2.16. The minimum atomic E-state index is 0.469. The molecule has 0 spiro atoms. The normalized spacial score (nSPS) is 12.5. The van der Waals surface area contributed by atoms with Crippen molar-refractivity contribution in [1.82, 2.24) is 4.90 Å². The first-order valence-corrected chi connectivity index (χ1v) is 4.25. The fraction of sp³-hybridized carbons (Fsp3) is 0.800. The molecule has 0 rings (SSSR count). The zero-order valence-corrected chi connectivity index (χ0v) is 8.52. The molecule has 0 amide bonds. The molecule has 0 N–H and O–H groups in total.